The van der Waals surface area contributed by atoms with Crippen LogP contribution in [0.1, 0.15) is 32.3 Å². The number of carbonyl (C=O) groups is 1. The minimum Gasteiger partial charge on any atom is -0.340 e. The van der Waals surface area contributed by atoms with Gasteiger partial charge in [0.15, 0.2) is 0 Å². The van der Waals surface area contributed by atoms with Crippen LogP contribution in [0.25, 0.3) is 10.9 Å². The summed E-state index contributed by atoms with van der Waals surface area (Å²) in [5.74, 6) is -0.278. The highest BCUT2D eigenvalue weighted by atomic mass is 35.5. The van der Waals surface area contributed by atoms with Crippen LogP contribution in [0.15, 0.2) is 49.3 Å². The van der Waals surface area contributed by atoms with Crippen molar-refractivity contribution in [3.63, 3.8) is 0 Å². The van der Waals surface area contributed by atoms with Crippen LogP contribution in [0.5, 0.6) is 0 Å². The molecule has 1 fully saturated rings. The van der Waals surface area contributed by atoms with Crippen LogP contribution < -0.4 is 10.6 Å². The molecule has 1 saturated heterocycles. The van der Waals surface area contributed by atoms with Gasteiger partial charge in [0.05, 0.1) is 10.5 Å². The summed E-state index contributed by atoms with van der Waals surface area (Å²) in [7, 11) is 4.29. The molecule has 36 heavy (non-hydrogen) atoms. The van der Waals surface area contributed by atoms with Gasteiger partial charge in [0.1, 0.15) is 18.0 Å². The van der Waals surface area contributed by atoms with Gasteiger partial charge >= 0.3 is 0 Å². The zero-order valence-corrected chi connectivity index (χ0v) is 21.9. The van der Waals surface area contributed by atoms with E-state index in [4.69, 9.17) is 11.6 Å². The van der Waals surface area contributed by atoms with E-state index in [0.29, 0.717) is 28.6 Å². The molecule has 2 N–H and O–H groups in total. The van der Waals surface area contributed by atoms with Crippen LogP contribution in [0.4, 0.5) is 21.6 Å². The second-order valence-corrected chi connectivity index (χ2v) is 10.2. The smallest absolute Gasteiger partial charge is 0.247 e. The van der Waals surface area contributed by atoms with Crippen molar-refractivity contribution in [2.45, 2.75) is 38.3 Å². The Labute approximate surface area is 216 Å². The summed E-state index contributed by atoms with van der Waals surface area (Å²) in [6.07, 6.45) is 4.89. The Morgan fingerprint density at radius 1 is 1.25 bits per heavy atom. The van der Waals surface area contributed by atoms with E-state index >= 15 is 0 Å². The summed E-state index contributed by atoms with van der Waals surface area (Å²) in [6.45, 7) is 10.0. The molecule has 0 spiro atoms. The minimum absolute atomic E-state index is 0.0123. The van der Waals surface area contributed by atoms with Gasteiger partial charge in [-0.25, -0.2) is 14.4 Å². The van der Waals surface area contributed by atoms with Crippen molar-refractivity contribution in [2.75, 3.05) is 37.8 Å². The molecule has 2 aromatic carbocycles. The fourth-order valence-corrected chi connectivity index (χ4v) is 4.92. The highest BCUT2D eigenvalue weighted by molar-refractivity contribution is 6.31. The average molecular weight is 511 g/mol. The number of benzene rings is 2. The van der Waals surface area contributed by atoms with E-state index in [9.17, 15) is 9.18 Å². The lowest BCUT2D eigenvalue weighted by Crippen LogP contribution is -2.49. The van der Waals surface area contributed by atoms with E-state index in [1.165, 1.54) is 24.5 Å². The molecule has 2 heterocycles. The van der Waals surface area contributed by atoms with E-state index in [2.05, 4.69) is 64.9 Å². The lowest BCUT2D eigenvalue weighted by molar-refractivity contribution is -0.111. The molecule has 7 nitrogen and oxygen atoms in total. The average Bonchev–Trinajstić information content (AvgIpc) is 2.86. The molecule has 3 aromatic rings. The van der Waals surface area contributed by atoms with E-state index in [1.54, 1.807) is 6.07 Å². The fraction of sp³-hybridized carbons (Fsp3) is 0.370. The number of piperidine rings is 1. The van der Waals surface area contributed by atoms with Gasteiger partial charge in [0.2, 0.25) is 5.91 Å². The van der Waals surface area contributed by atoms with Gasteiger partial charge in [-0.05, 0) is 95.8 Å². The Morgan fingerprint density at radius 2 is 1.97 bits per heavy atom. The number of hydrogen-bond donors (Lipinski definition) is 2. The summed E-state index contributed by atoms with van der Waals surface area (Å²) in [4.78, 5) is 26.1. The van der Waals surface area contributed by atoms with Crippen molar-refractivity contribution in [3.8, 4) is 0 Å². The van der Waals surface area contributed by atoms with E-state index in [1.807, 2.05) is 12.1 Å². The molecular weight excluding hydrogens is 479 g/mol. The molecule has 0 saturated carbocycles. The van der Waals surface area contributed by atoms with Gasteiger partial charge in [0, 0.05) is 28.3 Å². The molecule has 1 aromatic heterocycles. The third kappa shape index (κ3) is 5.36. The standard InChI is InChI=1S/C27H32ClFN6O/c1-6-25(36)33-24-14-19-23(30-16-31-26(19)32-17-7-8-22(29)21(28)13-17)15-20(24)27(2,3)35(5)18-9-11-34(4)12-10-18/h6-8,13-16,18H,1,9-12H2,2-5H3,(H,33,36)(H,30,31,32). The van der Waals surface area contributed by atoms with Crippen molar-refractivity contribution in [1.29, 1.82) is 0 Å². The number of rotatable bonds is 7. The molecule has 0 unspecified atom stereocenters. The predicted octanol–water partition coefficient (Wildman–Crippen LogP) is 5.55. The zero-order chi connectivity index (χ0) is 26.0. The van der Waals surface area contributed by atoms with Gasteiger partial charge in [-0.15, -0.1) is 0 Å². The highest BCUT2D eigenvalue weighted by Gasteiger charge is 2.35. The summed E-state index contributed by atoms with van der Waals surface area (Å²) >= 11 is 5.96. The van der Waals surface area contributed by atoms with Crippen molar-refractivity contribution in [2.24, 2.45) is 0 Å². The molecule has 0 atom stereocenters. The van der Waals surface area contributed by atoms with Crippen LogP contribution in [-0.2, 0) is 10.3 Å². The van der Waals surface area contributed by atoms with Gasteiger partial charge in [-0.1, -0.05) is 18.2 Å². The van der Waals surface area contributed by atoms with Crippen LogP contribution in [0.2, 0.25) is 5.02 Å². The molecule has 9 heteroatoms. The normalized spacial score (nSPS) is 15.3. The molecular formula is C27H32ClFN6O. The van der Waals surface area contributed by atoms with Gasteiger partial charge in [0.25, 0.3) is 0 Å². The molecule has 0 bridgehead atoms. The summed E-state index contributed by atoms with van der Waals surface area (Å²) in [5.41, 5.74) is 2.51. The molecule has 1 amide bonds. The molecule has 4 rings (SSSR count). The number of anilines is 3. The minimum atomic E-state index is -0.496. The quantitative estimate of drug-likeness (QED) is 0.406. The second-order valence-electron chi connectivity index (χ2n) is 9.79. The Hall–Kier alpha value is -3.07. The van der Waals surface area contributed by atoms with Crippen LogP contribution in [0, 0.1) is 5.82 Å². The first-order valence-electron chi connectivity index (χ1n) is 12.0. The van der Waals surface area contributed by atoms with Crippen LogP contribution in [0.3, 0.4) is 0 Å². The Morgan fingerprint density at radius 3 is 2.64 bits per heavy atom. The van der Waals surface area contributed by atoms with E-state index < -0.39 is 11.4 Å². The van der Waals surface area contributed by atoms with E-state index in [-0.39, 0.29) is 10.9 Å². The second kappa shape index (κ2) is 10.5. The van der Waals surface area contributed by atoms with Gasteiger partial charge in [-0.2, -0.15) is 0 Å². The molecule has 190 valence electrons. The topological polar surface area (TPSA) is 73.4 Å². The first-order valence-corrected chi connectivity index (χ1v) is 12.3. The van der Waals surface area contributed by atoms with Crippen LogP contribution >= 0.6 is 11.6 Å². The number of halogens is 2. The van der Waals surface area contributed by atoms with Crippen LogP contribution in [-0.4, -0.2) is 58.9 Å². The van der Waals surface area contributed by atoms with Crippen molar-refractivity contribution in [3.05, 3.63) is 65.7 Å². The number of hydrogen-bond acceptors (Lipinski definition) is 6. The number of likely N-dealkylation sites (tertiary alicyclic amines) is 1. The zero-order valence-electron chi connectivity index (χ0n) is 21.1. The first-order chi connectivity index (χ1) is 17.1. The van der Waals surface area contributed by atoms with Crippen molar-refractivity contribution in [1.82, 2.24) is 19.8 Å². The maximum absolute atomic E-state index is 13.6. The Bertz CT molecular complexity index is 1290. The third-order valence-electron chi connectivity index (χ3n) is 7.18. The summed E-state index contributed by atoms with van der Waals surface area (Å²) in [6, 6.07) is 8.68. The monoisotopic (exact) mass is 510 g/mol. The number of carbonyl (C=O) groups excluding carboxylic acids is 1. The maximum atomic E-state index is 13.6. The number of nitrogens with zero attached hydrogens (tertiary/aromatic N) is 4. The number of fused-ring (bicyclic) bond motifs is 1. The Kier molecular flexibility index (Phi) is 7.59. The SMILES string of the molecule is C=CC(=O)Nc1cc2c(Nc3ccc(F)c(Cl)c3)ncnc2cc1C(C)(C)N(C)C1CCN(C)CC1. The highest BCUT2D eigenvalue weighted by Crippen LogP contribution is 2.39. The lowest BCUT2D eigenvalue weighted by atomic mass is 9.87. The Balaban J connectivity index is 1.78. The summed E-state index contributed by atoms with van der Waals surface area (Å²) < 4.78 is 13.6. The fourth-order valence-electron chi connectivity index (χ4n) is 4.74. The van der Waals surface area contributed by atoms with E-state index in [0.717, 1.165) is 37.0 Å². The number of aromatic nitrogens is 2. The molecule has 0 aliphatic carbocycles. The van der Waals surface area contributed by atoms with Gasteiger partial charge < -0.3 is 15.5 Å². The van der Waals surface area contributed by atoms with Crippen molar-refractivity contribution < 1.29 is 9.18 Å². The number of nitrogens with one attached hydrogen (secondary N) is 2. The molecule has 1 aliphatic rings. The lowest BCUT2D eigenvalue weighted by Gasteiger charge is -2.45. The molecule has 1 aliphatic heterocycles. The first kappa shape index (κ1) is 26.0. The van der Waals surface area contributed by atoms with Gasteiger partial charge in [-0.3, -0.25) is 9.69 Å². The molecule has 0 radical (unpaired) electrons. The predicted molar refractivity (Wildman–Crippen MR) is 144 cm³/mol. The number of amides is 1. The van der Waals surface area contributed by atoms with Crippen molar-refractivity contribution >= 4 is 45.6 Å². The maximum Gasteiger partial charge on any atom is 0.247 e. The summed E-state index contributed by atoms with van der Waals surface area (Å²) in [5, 5.41) is 6.90. The largest absolute Gasteiger partial charge is 0.340 e. The third-order valence-corrected chi connectivity index (χ3v) is 7.47.